The number of nitrogens with zero attached hydrogens (tertiary/aromatic N) is 2. The van der Waals surface area contributed by atoms with E-state index in [-0.39, 0.29) is 60.4 Å². The summed E-state index contributed by atoms with van der Waals surface area (Å²) in [6, 6.07) is 3.69. The van der Waals surface area contributed by atoms with Crippen molar-refractivity contribution >= 4 is 17.7 Å². The molecule has 1 aromatic heterocycles. The normalized spacial score (nSPS) is 31.4. The van der Waals surface area contributed by atoms with Gasteiger partial charge in [0.2, 0.25) is 17.7 Å². The second-order valence-corrected chi connectivity index (χ2v) is 8.56. The van der Waals surface area contributed by atoms with E-state index in [4.69, 9.17) is 9.15 Å². The molecule has 3 fully saturated rings. The maximum absolute atomic E-state index is 12.7. The number of nitrogens with one attached hydrogen (secondary N) is 1. The van der Waals surface area contributed by atoms with Gasteiger partial charge in [-0.3, -0.25) is 24.2 Å². The maximum Gasteiger partial charge on any atom is 0.233 e. The zero-order valence-corrected chi connectivity index (χ0v) is 16.9. The van der Waals surface area contributed by atoms with E-state index in [9.17, 15) is 14.4 Å². The summed E-state index contributed by atoms with van der Waals surface area (Å²) in [5.41, 5.74) is 0. The first-order valence-corrected chi connectivity index (χ1v) is 10.8. The van der Waals surface area contributed by atoms with Crippen molar-refractivity contribution in [1.82, 2.24) is 15.1 Å². The largest absolute Gasteiger partial charge is 0.468 e. The van der Waals surface area contributed by atoms with E-state index < -0.39 is 0 Å². The van der Waals surface area contributed by atoms with E-state index in [0.717, 1.165) is 25.3 Å². The van der Waals surface area contributed by atoms with Crippen molar-refractivity contribution in [2.45, 2.75) is 18.9 Å². The fourth-order valence-electron chi connectivity index (χ4n) is 5.48. The second kappa shape index (κ2) is 8.00. The minimum Gasteiger partial charge on any atom is -0.468 e. The smallest absolute Gasteiger partial charge is 0.233 e. The molecule has 2 aliphatic heterocycles. The van der Waals surface area contributed by atoms with Crippen LogP contribution in [0, 0.1) is 23.7 Å². The van der Waals surface area contributed by atoms with Crippen LogP contribution < -0.4 is 5.32 Å². The summed E-state index contributed by atoms with van der Waals surface area (Å²) in [5, 5.41) is 2.96. The van der Waals surface area contributed by atoms with Gasteiger partial charge in [0, 0.05) is 32.6 Å². The molecule has 30 heavy (non-hydrogen) atoms. The van der Waals surface area contributed by atoms with Crippen LogP contribution in [0.2, 0.25) is 0 Å². The molecule has 0 radical (unpaired) electrons. The third-order valence-electron chi connectivity index (χ3n) is 6.97. The Kier molecular flexibility index (Phi) is 5.20. The average Bonchev–Trinajstić information content (AvgIpc) is 3.54. The van der Waals surface area contributed by atoms with Gasteiger partial charge in [-0.15, -0.1) is 0 Å². The van der Waals surface area contributed by atoms with Crippen molar-refractivity contribution in [3.8, 4) is 0 Å². The van der Waals surface area contributed by atoms with E-state index in [1.54, 1.807) is 6.26 Å². The summed E-state index contributed by atoms with van der Waals surface area (Å²) in [7, 11) is 0. The number of hydrogen-bond acceptors (Lipinski definition) is 6. The Morgan fingerprint density at radius 3 is 2.47 bits per heavy atom. The highest BCUT2D eigenvalue weighted by molar-refractivity contribution is 6.06. The van der Waals surface area contributed by atoms with Gasteiger partial charge in [0.05, 0.1) is 37.4 Å². The molecule has 4 aliphatic rings. The van der Waals surface area contributed by atoms with Crippen LogP contribution in [0.5, 0.6) is 0 Å². The van der Waals surface area contributed by atoms with Gasteiger partial charge in [-0.25, -0.2) is 0 Å². The quantitative estimate of drug-likeness (QED) is 0.529. The van der Waals surface area contributed by atoms with Gasteiger partial charge < -0.3 is 14.5 Å². The van der Waals surface area contributed by atoms with Crippen LogP contribution in [0.4, 0.5) is 0 Å². The minimum atomic E-state index is -0.208. The number of rotatable bonds is 7. The molecule has 1 N–H and O–H groups in total. The molecule has 2 saturated heterocycles. The van der Waals surface area contributed by atoms with Gasteiger partial charge in [-0.1, -0.05) is 12.2 Å². The van der Waals surface area contributed by atoms with E-state index >= 15 is 0 Å². The van der Waals surface area contributed by atoms with Gasteiger partial charge in [0.25, 0.3) is 0 Å². The average molecular weight is 413 g/mol. The Balaban J connectivity index is 1.15. The summed E-state index contributed by atoms with van der Waals surface area (Å²) in [6.07, 6.45) is 6.82. The molecule has 3 heterocycles. The molecule has 1 saturated carbocycles. The Bertz CT molecular complexity index is 815. The molecular weight excluding hydrogens is 386 g/mol. The summed E-state index contributed by atoms with van der Waals surface area (Å²) in [4.78, 5) is 41.5. The van der Waals surface area contributed by atoms with Crippen LogP contribution in [0.3, 0.4) is 0 Å². The molecule has 8 heteroatoms. The highest BCUT2D eigenvalue weighted by Crippen LogP contribution is 2.52. The third kappa shape index (κ3) is 3.37. The summed E-state index contributed by atoms with van der Waals surface area (Å²) in [5.74, 6) is 0.403. The number of carbonyl (C=O) groups excluding carboxylic acids is 3. The zero-order valence-electron chi connectivity index (χ0n) is 16.9. The first kappa shape index (κ1) is 19.5. The second-order valence-electron chi connectivity index (χ2n) is 8.56. The number of morpholine rings is 1. The van der Waals surface area contributed by atoms with Gasteiger partial charge in [-0.2, -0.15) is 0 Å². The topological polar surface area (TPSA) is 92.1 Å². The van der Waals surface area contributed by atoms with Crippen molar-refractivity contribution in [2.75, 3.05) is 39.4 Å². The van der Waals surface area contributed by atoms with E-state index in [1.807, 2.05) is 12.1 Å². The standard InChI is InChI=1S/C22H27N3O5/c26-18(23-13-16(17-2-1-9-30-17)24-7-10-29-11-8-24)5-6-25-21(27)19-14-3-4-15(12-14)20(19)22(25)28/h1-4,9,14-16,19-20H,5-8,10-13H2,(H,23,26)/t14-,15-,16+,19-,20-/m0/s1. The van der Waals surface area contributed by atoms with Crippen LogP contribution in [0.15, 0.2) is 35.0 Å². The lowest BCUT2D eigenvalue weighted by molar-refractivity contribution is -0.141. The molecule has 2 bridgehead atoms. The molecular formula is C22H27N3O5. The summed E-state index contributed by atoms with van der Waals surface area (Å²) in [6.45, 7) is 3.42. The number of ether oxygens (including phenoxy) is 1. The van der Waals surface area contributed by atoms with Crippen LogP contribution >= 0.6 is 0 Å². The van der Waals surface area contributed by atoms with Crippen molar-refractivity contribution in [1.29, 1.82) is 0 Å². The predicted molar refractivity (Wildman–Crippen MR) is 106 cm³/mol. The maximum atomic E-state index is 12.7. The Labute approximate surface area is 175 Å². The van der Waals surface area contributed by atoms with Crippen molar-refractivity contribution in [3.63, 3.8) is 0 Å². The molecule has 3 amide bonds. The van der Waals surface area contributed by atoms with E-state index in [0.29, 0.717) is 19.8 Å². The molecule has 2 aliphatic carbocycles. The van der Waals surface area contributed by atoms with Gasteiger partial charge in [0.15, 0.2) is 0 Å². The molecule has 0 aromatic carbocycles. The number of fused-ring (bicyclic) bond motifs is 5. The molecule has 0 unspecified atom stereocenters. The molecule has 5 rings (SSSR count). The molecule has 5 atom stereocenters. The van der Waals surface area contributed by atoms with Crippen molar-refractivity contribution in [3.05, 3.63) is 36.3 Å². The SMILES string of the molecule is O=C(CCN1C(=O)[C@@H]2[C@@H](C1=O)[C@H]1C=C[C@H]2C1)NC[C@H](c1ccco1)N1CCOCC1. The fourth-order valence-corrected chi connectivity index (χ4v) is 5.48. The number of amides is 3. The van der Waals surface area contributed by atoms with Crippen molar-refractivity contribution < 1.29 is 23.5 Å². The van der Waals surface area contributed by atoms with Crippen LogP contribution in [0.1, 0.15) is 24.6 Å². The van der Waals surface area contributed by atoms with Crippen LogP contribution in [0.25, 0.3) is 0 Å². The van der Waals surface area contributed by atoms with E-state index in [1.165, 1.54) is 4.90 Å². The number of likely N-dealkylation sites (tertiary alicyclic amines) is 1. The highest BCUT2D eigenvalue weighted by Gasteiger charge is 2.59. The number of furan rings is 1. The number of imide groups is 1. The monoisotopic (exact) mass is 413 g/mol. The van der Waals surface area contributed by atoms with Gasteiger partial charge in [-0.05, 0) is 30.4 Å². The molecule has 1 aromatic rings. The summed E-state index contributed by atoms with van der Waals surface area (Å²) >= 11 is 0. The number of carbonyl (C=O) groups is 3. The lowest BCUT2D eigenvalue weighted by Crippen LogP contribution is -2.44. The lowest BCUT2D eigenvalue weighted by atomic mass is 9.85. The fraction of sp³-hybridized carbons (Fsp3) is 0.591. The Morgan fingerprint density at radius 2 is 1.83 bits per heavy atom. The molecule has 160 valence electrons. The molecule has 8 nitrogen and oxygen atoms in total. The third-order valence-corrected chi connectivity index (χ3v) is 6.97. The van der Waals surface area contributed by atoms with E-state index in [2.05, 4.69) is 22.4 Å². The Morgan fingerprint density at radius 1 is 1.13 bits per heavy atom. The Hall–Kier alpha value is -2.45. The highest BCUT2D eigenvalue weighted by atomic mass is 16.5. The van der Waals surface area contributed by atoms with Crippen LogP contribution in [-0.2, 0) is 19.1 Å². The van der Waals surface area contributed by atoms with Crippen molar-refractivity contribution in [2.24, 2.45) is 23.7 Å². The van der Waals surface area contributed by atoms with Gasteiger partial charge in [0.1, 0.15) is 5.76 Å². The first-order valence-electron chi connectivity index (χ1n) is 10.8. The predicted octanol–water partition coefficient (Wildman–Crippen LogP) is 0.966. The van der Waals surface area contributed by atoms with Crippen LogP contribution in [-0.4, -0.2) is 66.9 Å². The zero-order chi connectivity index (χ0) is 20.7. The minimum absolute atomic E-state index is 0.0658. The lowest BCUT2D eigenvalue weighted by Gasteiger charge is -2.33. The number of hydrogen-bond donors (Lipinski definition) is 1. The summed E-state index contributed by atoms with van der Waals surface area (Å²) < 4.78 is 11.0. The molecule has 0 spiro atoms. The van der Waals surface area contributed by atoms with Gasteiger partial charge >= 0.3 is 0 Å². The first-order chi connectivity index (χ1) is 14.6. The number of allylic oxidation sites excluding steroid dienone is 2.